The Labute approximate surface area is 172 Å². The second kappa shape index (κ2) is 8.49. The first-order chi connectivity index (χ1) is 14.2. The third-order valence-electron chi connectivity index (χ3n) is 3.92. The van der Waals surface area contributed by atoms with Gasteiger partial charge in [-0.05, 0) is 31.2 Å². The van der Waals surface area contributed by atoms with Gasteiger partial charge in [0.25, 0.3) is 5.91 Å². The molecule has 31 heavy (non-hydrogen) atoms. The minimum Gasteiger partial charge on any atom is -0.478 e. The number of hydrogen-bond acceptors (Lipinski definition) is 5. The predicted molar refractivity (Wildman–Crippen MR) is 97.8 cm³/mol. The zero-order valence-corrected chi connectivity index (χ0v) is 16.4. The van der Waals surface area contributed by atoms with Gasteiger partial charge in [-0.25, -0.2) is 4.79 Å². The van der Waals surface area contributed by atoms with Crippen LogP contribution >= 0.6 is 0 Å². The van der Waals surface area contributed by atoms with Gasteiger partial charge in [0, 0.05) is 5.56 Å². The molecule has 13 heteroatoms. The molecule has 0 aliphatic rings. The molecule has 2 aromatic carbocycles. The molecule has 168 valence electrons. The topological polar surface area (TPSA) is 110 Å². The van der Waals surface area contributed by atoms with Crippen molar-refractivity contribution in [3.8, 4) is 5.75 Å². The van der Waals surface area contributed by atoms with E-state index in [1.807, 2.05) is 0 Å². The first-order valence-electron chi connectivity index (χ1n) is 8.34. The fraction of sp³-hybridized carbons (Fsp3) is 0.222. The van der Waals surface area contributed by atoms with Crippen LogP contribution < -0.4 is 9.50 Å². The van der Waals surface area contributed by atoms with Crippen molar-refractivity contribution >= 4 is 27.7 Å². The van der Waals surface area contributed by atoms with Gasteiger partial charge in [-0.3, -0.25) is 4.79 Å². The highest BCUT2D eigenvalue weighted by Crippen LogP contribution is 2.45. The fourth-order valence-electron chi connectivity index (χ4n) is 2.31. The summed E-state index contributed by atoms with van der Waals surface area (Å²) in [6.07, 6.45) is -5.97. The monoisotopic (exact) mass is 467 g/mol. The second-order valence-corrected chi connectivity index (χ2v) is 7.88. The molecule has 0 saturated carbocycles. The van der Waals surface area contributed by atoms with Gasteiger partial charge in [-0.1, -0.05) is 18.2 Å². The summed E-state index contributed by atoms with van der Waals surface area (Å²) >= 11 is 0. The maximum absolute atomic E-state index is 13.7. The van der Waals surface area contributed by atoms with Gasteiger partial charge in [-0.2, -0.15) is 30.4 Å². The first kappa shape index (κ1) is 24.1. The summed E-state index contributed by atoms with van der Waals surface area (Å²) in [6, 6.07) is 5.94. The molecule has 2 aromatic rings. The highest BCUT2D eigenvalue weighted by molar-refractivity contribution is 7.87. The lowest BCUT2D eigenvalue weighted by Crippen LogP contribution is -2.33. The van der Waals surface area contributed by atoms with Crippen LogP contribution in [0, 0.1) is 0 Å². The van der Waals surface area contributed by atoms with E-state index in [-0.39, 0.29) is 11.6 Å². The Kier molecular flexibility index (Phi) is 6.59. The molecule has 2 rings (SSSR count). The van der Waals surface area contributed by atoms with Crippen molar-refractivity contribution in [2.75, 3.05) is 11.1 Å². The van der Waals surface area contributed by atoms with Crippen LogP contribution in [-0.2, 0) is 16.0 Å². The summed E-state index contributed by atoms with van der Waals surface area (Å²) in [4.78, 5) is 23.7. The maximum atomic E-state index is 13.7. The fourth-order valence-corrected chi connectivity index (χ4v) is 2.84. The number of carbonyl (C=O) groups excluding carboxylic acids is 1. The number of anilines is 1. The maximum Gasteiger partial charge on any atom is 0.458 e. The summed E-state index contributed by atoms with van der Waals surface area (Å²) in [5.41, 5.74) is -2.98. The molecule has 0 fully saturated rings. The number of rotatable bonds is 7. The molecule has 0 aliphatic carbocycles. The van der Waals surface area contributed by atoms with Gasteiger partial charge < -0.3 is 14.6 Å². The highest BCUT2D eigenvalue weighted by atomic mass is 32.2. The number of hydrogen-bond donors (Lipinski definition) is 2. The van der Waals surface area contributed by atoms with Crippen molar-refractivity contribution in [1.29, 1.82) is 0 Å². The Hall–Kier alpha value is -3.22. The van der Waals surface area contributed by atoms with Crippen LogP contribution in [-0.4, -0.2) is 37.3 Å². The molecular weight excluding hydrogens is 453 g/mol. The van der Waals surface area contributed by atoms with Crippen molar-refractivity contribution in [3.63, 3.8) is 0 Å². The van der Waals surface area contributed by atoms with Crippen LogP contribution in [0.15, 0.2) is 42.5 Å². The molecule has 0 aliphatic heterocycles. The smallest absolute Gasteiger partial charge is 0.458 e. The number of benzene rings is 2. The first-order valence-corrected chi connectivity index (χ1v) is 9.92. The van der Waals surface area contributed by atoms with Crippen LogP contribution in [0.3, 0.4) is 0 Å². The molecule has 0 radical (unpaired) electrons. The Morgan fingerprint density at radius 3 is 2.13 bits per heavy atom. The zero-order valence-electron chi connectivity index (χ0n) is 15.5. The summed E-state index contributed by atoms with van der Waals surface area (Å²) in [5, 5.41) is 11.2. The van der Waals surface area contributed by atoms with E-state index < -0.39 is 62.4 Å². The number of carbonyl (C=O) groups is 2. The summed E-state index contributed by atoms with van der Waals surface area (Å²) < 4.78 is 93.5. The average Bonchev–Trinajstić information content (AvgIpc) is 2.68. The molecule has 0 bridgehead atoms. The number of carboxylic acid groups (broad SMARTS) is 1. The Balaban J connectivity index is 2.54. The third kappa shape index (κ3) is 5.29. The van der Waals surface area contributed by atoms with E-state index in [4.69, 9.17) is 5.11 Å². The van der Waals surface area contributed by atoms with Crippen LogP contribution in [0.1, 0.15) is 33.2 Å². The third-order valence-corrected chi connectivity index (χ3v) is 5.06. The molecule has 0 saturated heterocycles. The standard InChI is InChI=1S/C18H14F5NO6S/c1-2-31(28,29)30-14-9-10(17(19,20)18(21,22)23)7-8-13(14)24-15(25)11-5-3-4-6-12(11)16(26)27/h3-9H,2H2,1H3,(H,24,25)(H,26,27). The van der Waals surface area contributed by atoms with E-state index in [1.165, 1.54) is 12.1 Å². The van der Waals surface area contributed by atoms with Gasteiger partial charge in [0.15, 0.2) is 5.75 Å². The van der Waals surface area contributed by atoms with Crippen molar-refractivity contribution in [2.24, 2.45) is 0 Å². The number of amides is 1. The number of halogens is 5. The molecule has 0 spiro atoms. The summed E-state index contributed by atoms with van der Waals surface area (Å²) in [7, 11) is -4.39. The predicted octanol–water partition coefficient (Wildman–Crippen LogP) is 4.02. The summed E-state index contributed by atoms with van der Waals surface area (Å²) in [5.74, 6) is -9.53. The molecule has 7 nitrogen and oxygen atoms in total. The van der Waals surface area contributed by atoms with Crippen molar-refractivity contribution in [3.05, 3.63) is 59.2 Å². The zero-order chi connectivity index (χ0) is 23.6. The number of alkyl halides is 5. The lowest BCUT2D eigenvalue weighted by Gasteiger charge is -2.21. The van der Waals surface area contributed by atoms with Gasteiger partial charge in [0.05, 0.1) is 22.6 Å². The largest absolute Gasteiger partial charge is 0.478 e. The van der Waals surface area contributed by atoms with Crippen LogP contribution in [0.4, 0.5) is 27.6 Å². The number of carboxylic acids is 1. The summed E-state index contributed by atoms with van der Waals surface area (Å²) in [6.45, 7) is 1.13. The number of aromatic carboxylic acids is 1. The van der Waals surface area contributed by atoms with Crippen molar-refractivity contribution in [1.82, 2.24) is 0 Å². The van der Waals surface area contributed by atoms with Gasteiger partial charge in [0.2, 0.25) is 0 Å². The average molecular weight is 467 g/mol. The lowest BCUT2D eigenvalue weighted by atomic mass is 10.1. The normalized spacial score (nSPS) is 12.3. The van der Waals surface area contributed by atoms with Gasteiger partial charge in [0.1, 0.15) is 0 Å². The van der Waals surface area contributed by atoms with E-state index in [0.29, 0.717) is 12.1 Å². The quantitative estimate of drug-likeness (QED) is 0.470. The molecule has 2 N–H and O–H groups in total. The molecule has 0 aromatic heterocycles. The lowest BCUT2D eigenvalue weighted by molar-refractivity contribution is -0.289. The molecule has 0 unspecified atom stereocenters. The Bertz CT molecular complexity index is 1110. The van der Waals surface area contributed by atoms with Crippen LogP contribution in [0.2, 0.25) is 0 Å². The minimum atomic E-state index is -5.97. The van der Waals surface area contributed by atoms with Crippen molar-refractivity contribution < 1.29 is 49.2 Å². The highest BCUT2D eigenvalue weighted by Gasteiger charge is 2.58. The molecule has 1 amide bonds. The van der Waals surface area contributed by atoms with Crippen LogP contribution in [0.25, 0.3) is 0 Å². The number of nitrogens with one attached hydrogen (secondary N) is 1. The van der Waals surface area contributed by atoms with E-state index in [1.54, 1.807) is 0 Å². The van der Waals surface area contributed by atoms with Crippen molar-refractivity contribution in [2.45, 2.75) is 19.0 Å². The van der Waals surface area contributed by atoms with Crippen LogP contribution in [0.5, 0.6) is 5.75 Å². The van der Waals surface area contributed by atoms with E-state index in [2.05, 4.69) is 9.50 Å². The molecule has 0 atom stereocenters. The van der Waals surface area contributed by atoms with Gasteiger partial charge in [-0.15, -0.1) is 0 Å². The SMILES string of the molecule is CCS(=O)(=O)Oc1cc(C(F)(F)C(F)(F)F)ccc1NC(=O)c1ccccc1C(=O)O. The second-order valence-electron chi connectivity index (χ2n) is 6.02. The Morgan fingerprint density at radius 2 is 1.61 bits per heavy atom. The molecule has 0 heterocycles. The van der Waals surface area contributed by atoms with E-state index >= 15 is 0 Å². The minimum absolute atomic E-state index is 0.138. The van der Waals surface area contributed by atoms with Gasteiger partial charge >= 0.3 is 28.2 Å². The molecular formula is C18H14F5NO6S. The van der Waals surface area contributed by atoms with E-state index in [9.17, 15) is 40.0 Å². The Morgan fingerprint density at radius 1 is 1.03 bits per heavy atom. The van der Waals surface area contributed by atoms with E-state index in [0.717, 1.165) is 19.1 Å².